The van der Waals surface area contributed by atoms with Gasteiger partial charge in [-0.05, 0) is 6.92 Å². The van der Waals surface area contributed by atoms with Crippen LogP contribution >= 0.6 is 0 Å². The second-order valence-electron chi connectivity index (χ2n) is 2.46. The smallest absolute Gasteiger partial charge is 0.512 e. The minimum Gasteiger partial charge on any atom is -0.512 e. The van der Waals surface area contributed by atoms with Crippen LogP contribution in [0.1, 0.15) is 5.56 Å². The summed E-state index contributed by atoms with van der Waals surface area (Å²) in [6.07, 6.45) is 0. The van der Waals surface area contributed by atoms with Crippen LogP contribution in [0.5, 0.6) is 5.75 Å². The van der Waals surface area contributed by atoms with Crippen LogP contribution in [-0.4, -0.2) is 17.4 Å². The molecule has 3 nitrogen and oxygen atoms in total. The molecule has 0 radical (unpaired) electrons. The van der Waals surface area contributed by atoms with E-state index in [1.165, 1.54) is 6.92 Å². The second-order valence-corrected chi connectivity index (χ2v) is 2.46. The average Bonchev–Trinajstić information content (AvgIpc) is 1.98. The first-order chi connectivity index (χ1) is 6.00. The summed E-state index contributed by atoms with van der Waals surface area (Å²) in [5, 5.41) is 16.7. The van der Waals surface area contributed by atoms with E-state index in [9.17, 15) is 8.78 Å². The van der Waals surface area contributed by atoms with E-state index in [0.29, 0.717) is 0 Å². The van der Waals surface area contributed by atoms with Gasteiger partial charge in [-0.25, -0.2) is 8.78 Å². The second kappa shape index (κ2) is 3.72. The number of rotatable bonds is 2. The molecule has 13 heavy (non-hydrogen) atoms. The molecule has 1 aromatic rings. The summed E-state index contributed by atoms with van der Waals surface area (Å²) < 4.78 is 29.9. The molecule has 0 amide bonds. The van der Waals surface area contributed by atoms with Gasteiger partial charge in [0.15, 0.2) is 0 Å². The third-order valence-electron chi connectivity index (χ3n) is 1.50. The fraction of sp³-hybridized carbons (Fsp3) is 0.143. The lowest BCUT2D eigenvalue weighted by atomic mass is 10.2. The molecule has 6 heteroatoms. The van der Waals surface area contributed by atoms with E-state index >= 15 is 0 Å². The van der Waals surface area contributed by atoms with Crippen molar-refractivity contribution in [1.82, 2.24) is 0 Å². The van der Waals surface area contributed by atoms with Crippen molar-refractivity contribution in [2.75, 3.05) is 0 Å². The zero-order valence-corrected chi connectivity index (χ0v) is 6.79. The molecule has 0 aromatic heterocycles. The third kappa shape index (κ3) is 2.40. The first-order valence-corrected chi connectivity index (χ1v) is 3.49. The van der Waals surface area contributed by atoms with Crippen LogP contribution in [0.15, 0.2) is 12.1 Å². The molecule has 0 atom stereocenters. The van der Waals surface area contributed by atoms with Gasteiger partial charge in [0.1, 0.15) is 17.4 Å². The van der Waals surface area contributed by atoms with Crippen LogP contribution in [0.3, 0.4) is 0 Å². The molecule has 0 heterocycles. The Bertz CT molecular complexity index is 294. The Labute approximate surface area is 73.8 Å². The monoisotopic (exact) mass is 188 g/mol. The van der Waals surface area contributed by atoms with E-state index in [1.54, 1.807) is 0 Å². The minimum atomic E-state index is -2.08. The predicted octanol–water partition coefficient (Wildman–Crippen LogP) is 0.622. The van der Waals surface area contributed by atoms with Crippen molar-refractivity contribution in [3.63, 3.8) is 0 Å². The normalized spacial score (nSPS) is 9.92. The molecule has 1 rings (SSSR count). The summed E-state index contributed by atoms with van der Waals surface area (Å²) in [5.74, 6) is -1.86. The number of hydrogen-bond acceptors (Lipinski definition) is 3. The lowest BCUT2D eigenvalue weighted by molar-refractivity contribution is 0.287. The van der Waals surface area contributed by atoms with Crippen molar-refractivity contribution in [2.24, 2.45) is 0 Å². The Balaban J connectivity index is 2.99. The zero-order valence-electron chi connectivity index (χ0n) is 6.79. The summed E-state index contributed by atoms with van der Waals surface area (Å²) in [6.45, 7) is 1.27. The topological polar surface area (TPSA) is 49.7 Å². The Hall–Kier alpha value is -1.14. The van der Waals surface area contributed by atoms with Crippen LogP contribution in [0, 0.1) is 18.6 Å². The van der Waals surface area contributed by atoms with Crippen LogP contribution in [0.4, 0.5) is 8.78 Å². The van der Waals surface area contributed by atoms with Gasteiger partial charge in [-0.1, -0.05) is 0 Å². The molecule has 0 saturated carbocycles. The highest BCUT2D eigenvalue weighted by Crippen LogP contribution is 2.19. The Morgan fingerprint density at radius 2 is 1.69 bits per heavy atom. The molecule has 0 saturated heterocycles. The van der Waals surface area contributed by atoms with Gasteiger partial charge in [0.2, 0.25) is 0 Å². The highest BCUT2D eigenvalue weighted by Gasteiger charge is 2.14. The zero-order chi connectivity index (χ0) is 10.0. The van der Waals surface area contributed by atoms with E-state index in [2.05, 4.69) is 4.65 Å². The molecule has 0 fully saturated rings. The van der Waals surface area contributed by atoms with Gasteiger partial charge in [0, 0.05) is 17.7 Å². The van der Waals surface area contributed by atoms with Gasteiger partial charge in [-0.2, -0.15) is 0 Å². The van der Waals surface area contributed by atoms with Crippen molar-refractivity contribution >= 4 is 7.32 Å². The van der Waals surface area contributed by atoms with Gasteiger partial charge in [0.25, 0.3) is 0 Å². The fourth-order valence-electron chi connectivity index (χ4n) is 0.812. The summed E-state index contributed by atoms with van der Waals surface area (Å²) in [5.41, 5.74) is -0.139. The van der Waals surface area contributed by atoms with Crippen molar-refractivity contribution in [3.8, 4) is 5.75 Å². The average molecular weight is 188 g/mol. The van der Waals surface area contributed by atoms with E-state index in [4.69, 9.17) is 10.0 Å². The Morgan fingerprint density at radius 1 is 1.23 bits per heavy atom. The molecule has 0 spiro atoms. The summed E-state index contributed by atoms with van der Waals surface area (Å²) in [7, 11) is -2.08. The number of benzene rings is 1. The molecule has 0 aliphatic rings. The van der Waals surface area contributed by atoms with Crippen LogP contribution in [-0.2, 0) is 0 Å². The first kappa shape index (κ1) is 9.95. The van der Waals surface area contributed by atoms with E-state index < -0.39 is 19.0 Å². The summed E-state index contributed by atoms with van der Waals surface area (Å²) in [6, 6.07) is 1.75. The Morgan fingerprint density at radius 3 is 2.08 bits per heavy atom. The quantitative estimate of drug-likeness (QED) is 0.668. The molecular weight excluding hydrogens is 181 g/mol. The number of halogens is 2. The van der Waals surface area contributed by atoms with Crippen molar-refractivity contribution in [2.45, 2.75) is 6.92 Å². The van der Waals surface area contributed by atoms with Gasteiger partial charge >= 0.3 is 7.32 Å². The fourth-order valence-corrected chi connectivity index (χ4v) is 0.812. The molecule has 70 valence electrons. The van der Waals surface area contributed by atoms with Gasteiger partial charge in [-0.15, -0.1) is 0 Å². The van der Waals surface area contributed by atoms with E-state index in [1.807, 2.05) is 0 Å². The third-order valence-corrected chi connectivity index (χ3v) is 1.50. The van der Waals surface area contributed by atoms with Crippen LogP contribution in [0.2, 0.25) is 0 Å². The van der Waals surface area contributed by atoms with Gasteiger partial charge in [0.05, 0.1) is 0 Å². The Kier molecular flexibility index (Phi) is 2.85. The molecule has 0 aliphatic heterocycles. The molecule has 1 aromatic carbocycles. The summed E-state index contributed by atoms with van der Waals surface area (Å²) >= 11 is 0. The van der Waals surface area contributed by atoms with Crippen molar-refractivity contribution in [1.29, 1.82) is 0 Å². The molecule has 0 aliphatic carbocycles. The van der Waals surface area contributed by atoms with E-state index in [0.717, 1.165) is 12.1 Å². The first-order valence-electron chi connectivity index (χ1n) is 3.49. The van der Waals surface area contributed by atoms with Crippen molar-refractivity contribution in [3.05, 3.63) is 29.3 Å². The maximum atomic E-state index is 12.8. The van der Waals surface area contributed by atoms with Crippen LogP contribution < -0.4 is 4.65 Å². The lowest BCUT2D eigenvalue weighted by Gasteiger charge is -2.06. The van der Waals surface area contributed by atoms with Gasteiger partial charge in [-0.3, -0.25) is 0 Å². The maximum Gasteiger partial charge on any atom is 0.707 e. The minimum absolute atomic E-state index is 0.139. The largest absolute Gasteiger partial charge is 0.707 e. The maximum absolute atomic E-state index is 12.8. The van der Waals surface area contributed by atoms with E-state index in [-0.39, 0.29) is 11.3 Å². The molecule has 0 unspecified atom stereocenters. The van der Waals surface area contributed by atoms with Gasteiger partial charge < -0.3 is 14.7 Å². The molecule has 2 N–H and O–H groups in total. The van der Waals surface area contributed by atoms with Crippen LogP contribution in [0.25, 0.3) is 0 Å². The lowest BCUT2D eigenvalue weighted by Crippen LogP contribution is -2.20. The highest BCUT2D eigenvalue weighted by molar-refractivity contribution is 6.33. The number of hydrogen-bond donors (Lipinski definition) is 2. The summed E-state index contributed by atoms with van der Waals surface area (Å²) in [4.78, 5) is 0. The standard InChI is InChI=1S/C7H7BF2O3/c1-4-6(9)2-5(3-7(4)10)13-8(11)12/h2-3,11-12H,1H3. The predicted molar refractivity (Wildman–Crippen MR) is 41.9 cm³/mol. The van der Waals surface area contributed by atoms with Crippen molar-refractivity contribution < 1.29 is 23.5 Å². The molecular formula is C7H7BF2O3. The SMILES string of the molecule is Cc1c(F)cc(OB(O)O)cc1F. The highest BCUT2D eigenvalue weighted by atomic mass is 19.1. The molecule has 0 bridgehead atoms.